The quantitative estimate of drug-likeness (QED) is 0.673. The van der Waals surface area contributed by atoms with Gasteiger partial charge in [-0.15, -0.1) is 0 Å². The molecular formula is C23H24ClF4N3O2. The number of hydrogen-bond acceptors (Lipinski definition) is 4. The van der Waals surface area contributed by atoms with Crippen LogP contribution < -0.4 is 0 Å². The number of halogens is 5. The minimum Gasteiger partial charge on any atom is -0.390 e. The van der Waals surface area contributed by atoms with Crippen molar-refractivity contribution in [2.75, 3.05) is 39.3 Å². The van der Waals surface area contributed by atoms with Gasteiger partial charge in [-0.05, 0) is 35.9 Å². The molecule has 2 fully saturated rings. The topological polar surface area (TPSA) is 47.0 Å². The monoisotopic (exact) mass is 485 g/mol. The maximum Gasteiger partial charge on any atom is 0.419 e. The summed E-state index contributed by atoms with van der Waals surface area (Å²) in [6.45, 7) is 4.10. The molecule has 0 bridgehead atoms. The van der Waals surface area contributed by atoms with Crippen molar-refractivity contribution in [2.45, 2.75) is 24.9 Å². The van der Waals surface area contributed by atoms with Crippen LogP contribution >= 0.6 is 11.6 Å². The predicted octanol–water partition coefficient (Wildman–Crippen LogP) is 3.50. The van der Waals surface area contributed by atoms with E-state index in [9.17, 15) is 27.5 Å². The number of carbonyl (C=O) groups excluding carboxylic acids is 1. The van der Waals surface area contributed by atoms with Gasteiger partial charge in [0.2, 0.25) is 0 Å². The van der Waals surface area contributed by atoms with E-state index in [4.69, 9.17) is 11.6 Å². The first-order chi connectivity index (χ1) is 15.6. The molecule has 2 aliphatic rings. The van der Waals surface area contributed by atoms with Gasteiger partial charge in [0, 0.05) is 56.4 Å². The molecule has 2 unspecified atom stereocenters. The van der Waals surface area contributed by atoms with E-state index in [1.807, 2.05) is 24.3 Å². The number of alkyl halides is 3. The number of benzene rings is 2. The van der Waals surface area contributed by atoms with Crippen molar-refractivity contribution in [3.8, 4) is 0 Å². The molecule has 5 nitrogen and oxygen atoms in total. The highest BCUT2D eigenvalue weighted by Crippen LogP contribution is 2.32. The molecule has 0 aromatic heterocycles. The number of hydrogen-bond donors (Lipinski definition) is 1. The largest absolute Gasteiger partial charge is 0.419 e. The van der Waals surface area contributed by atoms with E-state index in [0.717, 1.165) is 31.3 Å². The van der Waals surface area contributed by atoms with Gasteiger partial charge < -0.3 is 10.0 Å². The van der Waals surface area contributed by atoms with Crippen molar-refractivity contribution in [1.29, 1.82) is 0 Å². The second-order valence-corrected chi connectivity index (χ2v) is 8.91. The summed E-state index contributed by atoms with van der Waals surface area (Å²) >= 11 is 5.93. The fraction of sp³-hybridized carbons (Fsp3) is 0.435. The minimum atomic E-state index is -4.82. The van der Waals surface area contributed by atoms with E-state index >= 15 is 0 Å². The number of carbonyl (C=O) groups is 1. The zero-order chi connectivity index (χ0) is 23.8. The molecule has 0 radical (unpaired) electrons. The molecule has 2 aliphatic heterocycles. The first kappa shape index (κ1) is 23.9. The van der Waals surface area contributed by atoms with E-state index in [1.165, 1.54) is 4.90 Å². The van der Waals surface area contributed by atoms with Crippen LogP contribution in [0, 0.1) is 5.82 Å². The van der Waals surface area contributed by atoms with Gasteiger partial charge in [0.05, 0.1) is 17.7 Å². The third-order valence-corrected chi connectivity index (χ3v) is 6.52. The fourth-order valence-corrected chi connectivity index (χ4v) is 4.58. The summed E-state index contributed by atoms with van der Waals surface area (Å²) in [4.78, 5) is 18.5. The maximum absolute atomic E-state index is 13.9. The molecule has 2 aromatic carbocycles. The van der Waals surface area contributed by atoms with Crippen LogP contribution in [0.15, 0.2) is 42.5 Å². The van der Waals surface area contributed by atoms with Gasteiger partial charge >= 0.3 is 6.18 Å². The van der Waals surface area contributed by atoms with Gasteiger partial charge in [-0.2, -0.15) is 13.2 Å². The smallest absolute Gasteiger partial charge is 0.390 e. The predicted molar refractivity (Wildman–Crippen MR) is 115 cm³/mol. The fourth-order valence-electron chi connectivity index (χ4n) is 4.46. The van der Waals surface area contributed by atoms with E-state index < -0.39 is 29.6 Å². The highest BCUT2D eigenvalue weighted by Gasteiger charge is 2.39. The highest BCUT2D eigenvalue weighted by atomic mass is 35.5. The highest BCUT2D eigenvalue weighted by molar-refractivity contribution is 6.30. The SMILES string of the molecule is O=C(c1ccc(C(F)(F)F)c(F)c1)N1CC(O)C(N2CCN(Cc3ccc(Cl)cc3)CC2)C1. The second kappa shape index (κ2) is 9.58. The second-order valence-electron chi connectivity index (χ2n) is 8.48. The Bertz CT molecular complexity index is 994. The van der Waals surface area contributed by atoms with Crippen LogP contribution in [-0.4, -0.2) is 77.1 Å². The summed E-state index contributed by atoms with van der Waals surface area (Å²) in [5.74, 6) is -2.08. The van der Waals surface area contributed by atoms with Gasteiger partial charge in [0.1, 0.15) is 5.82 Å². The summed E-state index contributed by atoms with van der Waals surface area (Å²) in [5, 5.41) is 11.2. The van der Waals surface area contributed by atoms with Crippen molar-refractivity contribution in [3.63, 3.8) is 0 Å². The normalized spacial score (nSPS) is 22.7. The van der Waals surface area contributed by atoms with Crippen LogP contribution in [0.4, 0.5) is 17.6 Å². The molecule has 178 valence electrons. The molecule has 4 rings (SSSR count). The average molecular weight is 486 g/mol. The number of β-amino-alcohol motifs (C(OH)–C–C–N with tert-alkyl or cyclic N) is 1. The molecule has 0 saturated carbocycles. The molecule has 2 heterocycles. The number of aliphatic hydroxyl groups excluding tert-OH is 1. The van der Waals surface area contributed by atoms with Crippen LogP contribution in [-0.2, 0) is 12.7 Å². The number of rotatable bonds is 4. The van der Waals surface area contributed by atoms with Crippen molar-refractivity contribution in [3.05, 3.63) is 70.0 Å². The summed E-state index contributed by atoms with van der Waals surface area (Å²) in [6, 6.07) is 9.58. The first-order valence-electron chi connectivity index (χ1n) is 10.7. The minimum absolute atomic E-state index is 0.0527. The zero-order valence-electron chi connectivity index (χ0n) is 17.7. The summed E-state index contributed by atoms with van der Waals surface area (Å²) < 4.78 is 52.2. The van der Waals surface area contributed by atoms with E-state index in [2.05, 4.69) is 9.80 Å². The number of aliphatic hydroxyl groups is 1. The Morgan fingerprint density at radius 2 is 1.70 bits per heavy atom. The number of piperazine rings is 1. The molecule has 2 saturated heterocycles. The van der Waals surface area contributed by atoms with Crippen molar-refractivity contribution in [2.24, 2.45) is 0 Å². The van der Waals surface area contributed by atoms with Crippen LogP contribution in [0.3, 0.4) is 0 Å². The van der Waals surface area contributed by atoms with E-state index in [-0.39, 0.29) is 24.7 Å². The Labute approximate surface area is 194 Å². The summed E-state index contributed by atoms with van der Waals surface area (Å²) in [7, 11) is 0. The lowest BCUT2D eigenvalue weighted by atomic mass is 10.1. The molecule has 33 heavy (non-hydrogen) atoms. The molecule has 10 heteroatoms. The lowest BCUT2D eigenvalue weighted by molar-refractivity contribution is -0.140. The summed E-state index contributed by atoms with van der Waals surface area (Å²) in [5.41, 5.74) is -0.412. The standard InChI is InChI=1S/C23H24ClF4N3O2/c24-17-4-1-15(2-5-17)12-29-7-9-30(10-8-29)20-13-31(14-21(20)32)22(33)16-3-6-18(19(25)11-16)23(26,27)28/h1-6,11,20-21,32H,7-10,12-14H2. The van der Waals surface area contributed by atoms with Crippen LogP contribution in [0.1, 0.15) is 21.5 Å². The molecule has 0 aliphatic carbocycles. The van der Waals surface area contributed by atoms with Gasteiger partial charge in [-0.3, -0.25) is 14.6 Å². The van der Waals surface area contributed by atoms with Gasteiger partial charge in [-0.1, -0.05) is 23.7 Å². The lowest BCUT2D eigenvalue weighted by Crippen LogP contribution is -2.53. The van der Waals surface area contributed by atoms with Gasteiger partial charge in [0.15, 0.2) is 0 Å². The Hall–Kier alpha value is -2.20. The Kier molecular flexibility index (Phi) is 6.95. The van der Waals surface area contributed by atoms with Crippen LogP contribution in [0.25, 0.3) is 0 Å². The third kappa shape index (κ3) is 5.48. The van der Waals surface area contributed by atoms with Crippen molar-refractivity contribution < 1.29 is 27.5 Å². The van der Waals surface area contributed by atoms with Gasteiger partial charge in [0.25, 0.3) is 5.91 Å². The van der Waals surface area contributed by atoms with Crippen molar-refractivity contribution in [1.82, 2.24) is 14.7 Å². The van der Waals surface area contributed by atoms with Crippen molar-refractivity contribution >= 4 is 17.5 Å². The zero-order valence-corrected chi connectivity index (χ0v) is 18.5. The molecule has 0 spiro atoms. The average Bonchev–Trinajstić information content (AvgIpc) is 3.16. The number of amides is 1. The number of likely N-dealkylation sites (tertiary alicyclic amines) is 1. The Balaban J connectivity index is 1.34. The van der Waals surface area contributed by atoms with E-state index in [0.29, 0.717) is 30.2 Å². The lowest BCUT2D eigenvalue weighted by Gasteiger charge is -2.38. The van der Waals surface area contributed by atoms with E-state index in [1.54, 1.807) is 0 Å². The maximum atomic E-state index is 13.9. The van der Waals surface area contributed by atoms with Gasteiger partial charge in [-0.25, -0.2) is 4.39 Å². The molecule has 2 atom stereocenters. The molecule has 1 amide bonds. The molecular weight excluding hydrogens is 462 g/mol. The Morgan fingerprint density at radius 1 is 1.03 bits per heavy atom. The number of nitrogens with zero attached hydrogens (tertiary/aromatic N) is 3. The molecule has 2 aromatic rings. The third-order valence-electron chi connectivity index (χ3n) is 6.26. The molecule has 1 N–H and O–H groups in total. The van der Waals surface area contributed by atoms with Crippen LogP contribution in [0.5, 0.6) is 0 Å². The van der Waals surface area contributed by atoms with Crippen LogP contribution in [0.2, 0.25) is 5.02 Å². The first-order valence-corrected chi connectivity index (χ1v) is 11.0. The summed E-state index contributed by atoms with van der Waals surface area (Å²) in [6.07, 6.45) is -5.60. The Morgan fingerprint density at radius 3 is 2.30 bits per heavy atom.